The van der Waals surface area contributed by atoms with Crippen LogP contribution in [0.5, 0.6) is 0 Å². The van der Waals surface area contributed by atoms with Crippen LogP contribution < -0.4 is 10.6 Å². The van der Waals surface area contributed by atoms with Crippen molar-refractivity contribution in [2.24, 2.45) is 0 Å². The molecule has 4 heteroatoms. The van der Waals surface area contributed by atoms with Crippen molar-refractivity contribution in [2.45, 2.75) is 12.4 Å². The molecule has 0 saturated heterocycles. The molecule has 3 nitrogen and oxygen atoms in total. The molecule has 2 N–H and O–H groups in total. The molecule has 0 bridgehead atoms. The summed E-state index contributed by atoms with van der Waals surface area (Å²) in [6.45, 7) is 1.74. The van der Waals surface area contributed by atoms with Crippen molar-refractivity contribution < 1.29 is 4.79 Å². The van der Waals surface area contributed by atoms with Gasteiger partial charge in [-0.05, 0) is 6.92 Å². The molecule has 0 aromatic carbocycles. The van der Waals surface area contributed by atoms with Crippen molar-refractivity contribution in [1.29, 1.82) is 0 Å². The summed E-state index contributed by atoms with van der Waals surface area (Å²) < 4.78 is 0. The third kappa shape index (κ3) is 1.38. The van der Waals surface area contributed by atoms with Gasteiger partial charge >= 0.3 is 0 Å². The van der Waals surface area contributed by atoms with Crippen LogP contribution in [0.25, 0.3) is 0 Å². The monoisotopic (exact) mass is 144 g/mol. The van der Waals surface area contributed by atoms with Gasteiger partial charge in [0.2, 0.25) is 0 Å². The van der Waals surface area contributed by atoms with E-state index in [-0.39, 0.29) is 11.4 Å². The predicted molar refractivity (Wildman–Crippen MR) is 37.8 cm³/mol. The summed E-state index contributed by atoms with van der Waals surface area (Å²) in [6.07, 6.45) is 1.65. The quantitative estimate of drug-likeness (QED) is 0.413. The number of carbonyl (C=O) groups is 1. The Morgan fingerprint density at radius 1 is 1.78 bits per heavy atom. The fourth-order valence-electron chi connectivity index (χ4n) is 0.549. The zero-order valence-corrected chi connectivity index (χ0v) is 5.90. The Labute approximate surface area is 58.9 Å². The molecule has 0 aliphatic carbocycles. The van der Waals surface area contributed by atoms with Crippen molar-refractivity contribution in [1.82, 2.24) is 10.6 Å². The van der Waals surface area contributed by atoms with Gasteiger partial charge in [-0.15, -0.1) is 12.6 Å². The number of thiol groups is 1. The number of rotatable bonds is 0. The van der Waals surface area contributed by atoms with Crippen LogP contribution in [-0.4, -0.2) is 11.4 Å². The second-order valence-corrected chi connectivity index (χ2v) is 2.39. The zero-order chi connectivity index (χ0) is 6.85. The van der Waals surface area contributed by atoms with Gasteiger partial charge in [-0.3, -0.25) is 4.79 Å². The highest BCUT2D eigenvalue weighted by Crippen LogP contribution is 1.98. The van der Waals surface area contributed by atoms with E-state index in [1.807, 2.05) is 0 Å². The normalized spacial score (nSPS) is 26.2. The summed E-state index contributed by atoms with van der Waals surface area (Å²) in [6, 6.07) is 0. The fourth-order valence-corrected chi connectivity index (χ4v) is 0.741. The minimum atomic E-state index is -0.235. The molecule has 0 aromatic rings. The van der Waals surface area contributed by atoms with Crippen LogP contribution in [-0.2, 0) is 4.79 Å². The first kappa shape index (κ1) is 6.48. The molecule has 1 heterocycles. The molecule has 1 aliphatic heterocycles. The first-order chi connectivity index (χ1) is 4.20. The second-order valence-electron chi connectivity index (χ2n) is 1.87. The third-order valence-electron chi connectivity index (χ3n) is 1.08. The summed E-state index contributed by atoms with van der Waals surface area (Å²) in [4.78, 5) is 10.7. The van der Waals surface area contributed by atoms with Crippen LogP contribution in [0, 0.1) is 0 Å². The van der Waals surface area contributed by atoms with E-state index in [1.165, 1.54) is 0 Å². The van der Waals surface area contributed by atoms with Gasteiger partial charge in [-0.1, -0.05) is 0 Å². The summed E-state index contributed by atoms with van der Waals surface area (Å²) in [5, 5.41) is 5.41. The van der Waals surface area contributed by atoms with Crippen LogP contribution in [0.1, 0.15) is 6.92 Å². The number of hydrogen-bond acceptors (Lipinski definition) is 3. The second kappa shape index (κ2) is 2.31. The van der Waals surface area contributed by atoms with Crippen LogP contribution in [0.15, 0.2) is 11.8 Å². The topological polar surface area (TPSA) is 41.1 Å². The van der Waals surface area contributed by atoms with Gasteiger partial charge in [0, 0.05) is 11.8 Å². The van der Waals surface area contributed by atoms with Gasteiger partial charge in [0.15, 0.2) is 0 Å². The Morgan fingerprint density at radius 3 is 2.89 bits per heavy atom. The average molecular weight is 144 g/mol. The Hall–Kier alpha value is -0.640. The van der Waals surface area contributed by atoms with E-state index >= 15 is 0 Å². The largest absolute Gasteiger partial charge is 0.363 e. The summed E-state index contributed by atoms with van der Waals surface area (Å²) in [7, 11) is 0. The van der Waals surface area contributed by atoms with E-state index < -0.39 is 0 Å². The lowest BCUT2D eigenvalue weighted by Gasteiger charge is -2.18. The fraction of sp³-hybridized carbons (Fsp3) is 0.400. The maximum atomic E-state index is 10.7. The number of carbonyl (C=O) groups excluding carboxylic acids is 1. The van der Waals surface area contributed by atoms with Crippen LogP contribution in [0.4, 0.5) is 0 Å². The highest BCUT2D eigenvalue weighted by molar-refractivity contribution is 7.80. The van der Waals surface area contributed by atoms with Gasteiger partial charge in [0.25, 0.3) is 5.91 Å². The molecule has 50 valence electrons. The van der Waals surface area contributed by atoms with Crippen molar-refractivity contribution in [3.8, 4) is 0 Å². The SMILES string of the molecule is CC1=CNC(S)NC1=O. The van der Waals surface area contributed by atoms with Crippen molar-refractivity contribution in [3.05, 3.63) is 11.8 Å². The Balaban J connectivity index is 2.68. The lowest BCUT2D eigenvalue weighted by atomic mass is 10.3. The van der Waals surface area contributed by atoms with E-state index in [0.29, 0.717) is 5.57 Å². The van der Waals surface area contributed by atoms with E-state index in [2.05, 4.69) is 23.3 Å². The van der Waals surface area contributed by atoms with E-state index in [9.17, 15) is 4.79 Å². The lowest BCUT2D eigenvalue weighted by Crippen LogP contribution is -2.43. The van der Waals surface area contributed by atoms with E-state index in [4.69, 9.17) is 0 Å². The van der Waals surface area contributed by atoms with Gasteiger partial charge in [-0.2, -0.15) is 0 Å². The van der Waals surface area contributed by atoms with Crippen LogP contribution >= 0.6 is 12.6 Å². The maximum Gasteiger partial charge on any atom is 0.250 e. The molecule has 0 fully saturated rings. The summed E-state index contributed by atoms with van der Waals surface area (Å²) in [5.74, 6) is -0.0613. The smallest absolute Gasteiger partial charge is 0.250 e. The minimum Gasteiger partial charge on any atom is -0.363 e. The predicted octanol–water partition coefficient (Wildman–Crippen LogP) is -0.177. The Bertz CT molecular complexity index is 166. The molecular weight excluding hydrogens is 136 g/mol. The number of hydrogen-bond donors (Lipinski definition) is 3. The van der Waals surface area contributed by atoms with Crippen molar-refractivity contribution in [3.63, 3.8) is 0 Å². The third-order valence-corrected chi connectivity index (χ3v) is 1.36. The molecule has 0 aromatic heterocycles. The number of amides is 1. The molecule has 9 heavy (non-hydrogen) atoms. The maximum absolute atomic E-state index is 10.7. The molecule has 1 amide bonds. The highest BCUT2D eigenvalue weighted by atomic mass is 32.1. The summed E-state index contributed by atoms with van der Waals surface area (Å²) >= 11 is 3.97. The Morgan fingerprint density at radius 2 is 2.44 bits per heavy atom. The van der Waals surface area contributed by atoms with Crippen LogP contribution in [0.2, 0.25) is 0 Å². The van der Waals surface area contributed by atoms with Gasteiger partial charge < -0.3 is 10.6 Å². The van der Waals surface area contributed by atoms with Gasteiger partial charge in [-0.25, -0.2) is 0 Å². The summed E-state index contributed by atoms with van der Waals surface area (Å²) in [5.41, 5.74) is 0.446. The lowest BCUT2D eigenvalue weighted by molar-refractivity contribution is -0.118. The number of nitrogens with one attached hydrogen (secondary N) is 2. The first-order valence-electron chi connectivity index (χ1n) is 2.62. The minimum absolute atomic E-state index is 0.0613. The van der Waals surface area contributed by atoms with Gasteiger partial charge in [0.1, 0.15) is 5.50 Å². The molecule has 1 aliphatic rings. The molecule has 1 atom stereocenters. The molecule has 1 rings (SSSR count). The zero-order valence-electron chi connectivity index (χ0n) is 5.01. The Kier molecular flexibility index (Phi) is 1.66. The molecule has 0 spiro atoms. The molecular formula is C5H8N2OS. The average Bonchev–Trinajstić information content (AvgIpc) is 1.80. The van der Waals surface area contributed by atoms with E-state index in [0.717, 1.165) is 0 Å². The molecule has 1 unspecified atom stereocenters. The van der Waals surface area contributed by atoms with E-state index in [1.54, 1.807) is 13.1 Å². The molecule has 0 saturated carbocycles. The highest BCUT2D eigenvalue weighted by Gasteiger charge is 2.12. The van der Waals surface area contributed by atoms with Crippen molar-refractivity contribution in [2.75, 3.05) is 0 Å². The standard InChI is InChI=1S/C5H8N2OS/c1-3-2-6-5(9)7-4(3)8/h2,5-6,9H,1H3,(H,7,8). The van der Waals surface area contributed by atoms with Crippen molar-refractivity contribution >= 4 is 18.5 Å². The molecule has 0 radical (unpaired) electrons. The first-order valence-corrected chi connectivity index (χ1v) is 3.13. The van der Waals surface area contributed by atoms with Gasteiger partial charge in [0.05, 0.1) is 0 Å². The van der Waals surface area contributed by atoms with Crippen LogP contribution in [0.3, 0.4) is 0 Å².